The summed E-state index contributed by atoms with van der Waals surface area (Å²) in [6, 6.07) is 0. The first kappa shape index (κ1) is 31.0. The van der Waals surface area contributed by atoms with Crippen molar-refractivity contribution in [3.05, 3.63) is 0 Å². The molecule has 0 aromatic rings. The molecule has 0 saturated carbocycles. The molecule has 0 amide bonds. The molecule has 0 bridgehead atoms. The maximum atomic E-state index is 12.2. The van der Waals surface area contributed by atoms with E-state index < -0.39 is 45.9 Å². The fraction of sp³-hybridized carbons (Fsp3) is 0.900. The van der Waals surface area contributed by atoms with Crippen molar-refractivity contribution in [2.75, 3.05) is 0 Å². The summed E-state index contributed by atoms with van der Waals surface area (Å²) in [4.78, 5) is 24.3. The van der Waals surface area contributed by atoms with E-state index in [-0.39, 0.29) is 29.6 Å². The van der Waals surface area contributed by atoms with Crippen molar-refractivity contribution < 1.29 is 32.0 Å². The van der Waals surface area contributed by atoms with Gasteiger partial charge in [-0.15, -0.1) is 0 Å². The Morgan fingerprint density at radius 2 is 1.24 bits per heavy atom. The van der Waals surface area contributed by atoms with E-state index >= 15 is 0 Å². The molecule has 0 aliphatic rings. The number of ether oxygens (including phenoxy) is 2. The molecule has 0 aliphatic heterocycles. The molecule has 29 heavy (non-hydrogen) atoms. The van der Waals surface area contributed by atoms with Crippen LogP contribution in [-0.4, -0.2) is 71.9 Å². The Hall–Kier alpha value is -0.150. The van der Waals surface area contributed by atoms with Crippen LogP contribution in [0.15, 0.2) is 0 Å². The van der Waals surface area contributed by atoms with E-state index in [1.165, 1.54) is 0 Å². The third-order valence-corrected chi connectivity index (χ3v) is 6.23. The summed E-state index contributed by atoms with van der Waals surface area (Å²) in [5.74, 6) is -1.00. The van der Waals surface area contributed by atoms with E-state index in [1.807, 2.05) is 0 Å². The largest absolute Gasteiger partial charge is 0.463 e. The maximum absolute atomic E-state index is 12.2. The summed E-state index contributed by atoms with van der Waals surface area (Å²) in [5, 5.41) is -1.96. The van der Waals surface area contributed by atoms with Gasteiger partial charge in [0.15, 0.2) is 5.25 Å². The van der Waals surface area contributed by atoms with Crippen LogP contribution in [0.1, 0.15) is 86.5 Å². The predicted molar refractivity (Wildman–Crippen MR) is 114 cm³/mol. The molecule has 1 radical (unpaired) electrons. The predicted octanol–water partition coefficient (Wildman–Crippen LogP) is 3.77. The minimum absolute atomic E-state index is 0. The number of carbonyl (C=O) groups is 2. The van der Waals surface area contributed by atoms with Crippen molar-refractivity contribution in [1.29, 1.82) is 0 Å². The molecule has 9 heteroatoms. The standard InChI is InChI=1S/C20H38O7S.Na/c1-7-14(3)9-11-16(5)26-19(21)13-18(28(23,24)25)20(22)27-17(6)12-10-15(4)8-2;/h14-18H,7-13H2,1-6H3,(H,23,24,25);. The van der Waals surface area contributed by atoms with Crippen LogP contribution in [0, 0.1) is 11.8 Å². The van der Waals surface area contributed by atoms with Crippen molar-refractivity contribution in [3.63, 3.8) is 0 Å². The molecule has 0 aromatic carbocycles. The molecule has 0 aromatic heterocycles. The third kappa shape index (κ3) is 14.5. The van der Waals surface area contributed by atoms with Crippen LogP contribution < -0.4 is 0 Å². The third-order valence-electron chi connectivity index (χ3n) is 5.15. The molecule has 7 nitrogen and oxygen atoms in total. The number of esters is 2. The molecular weight excluding hydrogens is 407 g/mol. The monoisotopic (exact) mass is 445 g/mol. The summed E-state index contributed by atoms with van der Waals surface area (Å²) >= 11 is 0. The zero-order chi connectivity index (χ0) is 21.9. The second-order valence-electron chi connectivity index (χ2n) is 7.94. The van der Waals surface area contributed by atoms with Crippen molar-refractivity contribution >= 4 is 51.6 Å². The van der Waals surface area contributed by atoms with E-state index in [2.05, 4.69) is 27.7 Å². The second-order valence-corrected chi connectivity index (χ2v) is 9.54. The summed E-state index contributed by atoms with van der Waals surface area (Å²) in [6.07, 6.45) is 3.29. The van der Waals surface area contributed by atoms with Crippen LogP contribution in [-0.2, 0) is 29.2 Å². The van der Waals surface area contributed by atoms with Gasteiger partial charge in [-0.25, -0.2) is 0 Å². The summed E-state index contributed by atoms with van der Waals surface area (Å²) in [7, 11) is -4.78. The summed E-state index contributed by atoms with van der Waals surface area (Å²) in [6.45, 7) is 11.7. The fourth-order valence-corrected chi connectivity index (χ4v) is 3.22. The van der Waals surface area contributed by atoms with Gasteiger partial charge < -0.3 is 9.47 Å². The van der Waals surface area contributed by atoms with Crippen LogP contribution >= 0.6 is 0 Å². The zero-order valence-electron chi connectivity index (χ0n) is 19.1. The minimum atomic E-state index is -4.78. The van der Waals surface area contributed by atoms with Crippen LogP contribution in [0.3, 0.4) is 0 Å². The van der Waals surface area contributed by atoms with E-state index in [0.29, 0.717) is 24.7 Å². The molecule has 0 spiro atoms. The molecule has 5 unspecified atom stereocenters. The van der Waals surface area contributed by atoms with Crippen LogP contribution in [0.2, 0.25) is 0 Å². The molecule has 1 N–H and O–H groups in total. The molecule has 0 aliphatic carbocycles. The Labute approximate surface area is 198 Å². The van der Waals surface area contributed by atoms with Crippen LogP contribution in [0.25, 0.3) is 0 Å². The van der Waals surface area contributed by atoms with Gasteiger partial charge in [0.05, 0.1) is 18.6 Å². The second kappa shape index (κ2) is 15.6. The number of rotatable bonds is 14. The van der Waals surface area contributed by atoms with Crippen molar-refractivity contribution in [2.45, 2.75) is 104 Å². The van der Waals surface area contributed by atoms with Gasteiger partial charge in [-0.05, 0) is 51.4 Å². The van der Waals surface area contributed by atoms with Crippen molar-refractivity contribution in [2.24, 2.45) is 11.8 Å². The maximum Gasteiger partial charge on any atom is 0.327 e. The molecular formula is C20H38NaO7S. The van der Waals surface area contributed by atoms with Gasteiger partial charge in [0.1, 0.15) is 0 Å². The Kier molecular flexibility index (Phi) is 16.7. The van der Waals surface area contributed by atoms with Crippen LogP contribution in [0.5, 0.6) is 0 Å². The molecule has 5 atom stereocenters. The van der Waals surface area contributed by atoms with Crippen LogP contribution in [0.4, 0.5) is 0 Å². The molecule has 0 saturated heterocycles. The zero-order valence-corrected chi connectivity index (χ0v) is 22.0. The topological polar surface area (TPSA) is 107 Å². The van der Waals surface area contributed by atoms with E-state index in [9.17, 15) is 22.6 Å². The smallest absolute Gasteiger partial charge is 0.327 e. The Morgan fingerprint density at radius 1 is 0.828 bits per heavy atom. The molecule has 0 fully saturated rings. The summed E-state index contributed by atoms with van der Waals surface area (Å²) in [5.41, 5.74) is 0. The average Bonchev–Trinajstić information content (AvgIpc) is 2.60. The first-order valence-electron chi connectivity index (χ1n) is 10.3. The quantitative estimate of drug-likeness (QED) is 0.246. The van der Waals surface area contributed by atoms with Gasteiger partial charge in [-0.1, -0.05) is 40.5 Å². The van der Waals surface area contributed by atoms with Gasteiger partial charge in [0.2, 0.25) is 0 Å². The number of hydrogen-bond acceptors (Lipinski definition) is 6. The van der Waals surface area contributed by atoms with E-state index in [4.69, 9.17) is 9.47 Å². The van der Waals surface area contributed by atoms with Gasteiger partial charge in [-0.3, -0.25) is 14.1 Å². The normalized spacial score (nSPS) is 16.7. The van der Waals surface area contributed by atoms with Gasteiger partial charge >= 0.3 is 11.9 Å². The van der Waals surface area contributed by atoms with Crippen molar-refractivity contribution in [1.82, 2.24) is 0 Å². The Bertz CT molecular complexity index is 579. The Morgan fingerprint density at radius 3 is 1.62 bits per heavy atom. The average molecular weight is 446 g/mol. The SMILES string of the molecule is CCC(C)CCC(C)OC(=O)CC(C(=O)OC(C)CCC(C)CC)S(=O)(=O)O.[Na]. The number of hydrogen-bond donors (Lipinski definition) is 1. The summed E-state index contributed by atoms with van der Waals surface area (Å²) < 4.78 is 42.9. The van der Waals surface area contributed by atoms with Gasteiger partial charge in [0, 0.05) is 29.6 Å². The van der Waals surface area contributed by atoms with E-state index in [1.54, 1.807) is 13.8 Å². The molecule has 0 heterocycles. The number of carbonyl (C=O) groups excluding carboxylic acids is 2. The van der Waals surface area contributed by atoms with Gasteiger partial charge in [0.25, 0.3) is 10.1 Å². The van der Waals surface area contributed by atoms with E-state index in [0.717, 1.165) is 25.7 Å². The first-order chi connectivity index (χ1) is 12.9. The molecule has 0 rings (SSSR count). The Balaban J connectivity index is 0. The fourth-order valence-electron chi connectivity index (χ4n) is 2.57. The first-order valence-corrected chi connectivity index (χ1v) is 11.8. The molecule has 167 valence electrons. The van der Waals surface area contributed by atoms with Crippen molar-refractivity contribution in [3.8, 4) is 0 Å². The van der Waals surface area contributed by atoms with Gasteiger partial charge in [-0.2, -0.15) is 8.42 Å². The minimum Gasteiger partial charge on any atom is -0.463 e.